The molecule has 0 fully saturated rings. The van der Waals surface area contributed by atoms with Gasteiger partial charge in [-0.15, -0.1) is 0 Å². The Morgan fingerprint density at radius 2 is 1.80 bits per heavy atom. The molecule has 1 N–H and O–H groups in total. The zero-order valence-electron chi connectivity index (χ0n) is 15.0. The lowest BCUT2D eigenvalue weighted by Gasteiger charge is -2.27. The van der Waals surface area contributed by atoms with E-state index in [2.05, 4.69) is 31.2 Å². The molecule has 0 aliphatic heterocycles. The average molecular weight is 336 g/mol. The van der Waals surface area contributed by atoms with Gasteiger partial charge in [-0.2, -0.15) is 0 Å². The Kier molecular flexibility index (Phi) is 4.93. The Morgan fingerprint density at radius 3 is 2.48 bits per heavy atom. The van der Waals surface area contributed by atoms with Crippen molar-refractivity contribution in [2.75, 3.05) is 7.11 Å². The summed E-state index contributed by atoms with van der Waals surface area (Å²) >= 11 is 0. The zero-order chi connectivity index (χ0) is 18.0. The average Bonchev–Trinajstić information content (AvgIpc) is 2.61. The number of fused-ring (bicyclic) bond motifs is 1. The number of hydrogen-bond donors (Lipinski definition) is 1. The highest BCUT2D eigenvalue weighted by Gasteiger charge is 2.32. The standard InChI is InChI=1S/C22H24O3/c1-14-4-7-16(8-5-14)9-11-18-13-17-10-6-15(2)12-19(17)21(23)20(18)22(24)25-3/h4-8,10,12,18,23H,9,11,13H2,1-3H3. The van der Waals surface area contributed by atoms with Gasteiger partial charge < -0.3 is 9.84 Å². The van der Waals surface area contributed by atoms with Gasteiger partial charge in [0.15, 0.2) is 0 Å². The molecule has 0 saturated heterocycles. The Labute approximate surface area is 149 Å². The first-order chi connectivity index (χ1) is 12.0. The second-order valence-electron chi connectivity index (χ2n) is 6.84. The number of carbonyl (C=O) groups excluding carboxylic acids is 1. The van der Waals surface area contributed by atoms with E-state index < -0.39 is 5.97 Å². The minimum atomic E-state index is -0.432. The number of aryl methyl sites for hydroxylation is 3. The Balaban J connectivity index is 1.90. The lowest BCUT2D eigenvalue weighted by molar-refractivity contribution is -0.136. The molecule has 0 saturated carbocycles. The zero-order valence-corrected chi connectivity index (χ0v) is 15.0. The number of methoxy groups -OCH3 is 1. The topological polar surface area (TPSA) is 46.5 Å². The molecule has 130 valence electrons. The van der Waals surface area contributed by atoms with Gasteiger partial charge in [-0.05, 0) is 56.2 Å². The summed E-state index contributed by atoms with van der Waals surface area (Å²) in [5.74, 6) is -0.395. The molecule has 0 spiro atoms. The van der Waals surface area contributed by atoms with Gasteiger partial charge in [0, 0.05) is 5.56 Å². The number of benzene rings is 2. The molecule has 1 aliphatic rings. The second-order valence-corrected chi connectivity index (χ2v) is 6.84. The summed E-state index contributed by atoms with van der Waals surface area (Å²) in [5, 5.41) is 10.7. The van der Waals surface area contributed by atoms with Crippen LogP contribution in [0.1, 0.15) is 34.2 Å². The summed E-state index contributed by atoms with van der Waals surface area (Å²) in [4.78, 5) is 12.3. The molecular weight excluding hydrogens is 312 g/mol. The van der Waals surface area contributed by atoms with Gasteiger partial charge in [0.2, 0.25) is 0 Å². The number of aliphatic hydroxyl groups is 1. The van der Waals surface area contributed by atoms with Gasteiger partial charge in [0.1, 0.15) is 5.76 Å². The van der Waals surface area contributed by atoms with Crippen molar-refractivity contribution in [2.24, 2.45) is 5.92 Å². The van der Waals surface area contributed by atoms with Crippen LogP contribution in [0.2, 0.25) is 0 Å². The molecule has 3 nitrogen and oxygen atoms in total. The molecule has 1 aliphatic carbocycles. The number of esters is 1. The van der Waals surface area contributed by atoms with Crippen molar-refractivity contribution in [3.8, 4) is 0 Å². The predicted molar refractivity (Wildman–Crippen MR) is 99.4 cm³/mol. The molecule has 2 aromatic rings. The largest absolute Gasteiger partial charge is 0.507 e. The van der Waals surface area contributed by atoms with E-state index >= 15 is 0 Å². The van der Waals surface area contributed by atoms with E-state index in [-0.39, 0.29) is 11.7 Å². The first-order valence-electron chi connectivity index (χ1n) is 8.66. The van der Waals surface area contributed by atoms with E-state index in [9.17, 15) is 9.90 Å². The van der Waals surface area contributed by atoms with Gasteiger partial charge in [-0.25, -0.2) is 4.79 Å². The molecule has 0 bridgehead atoms. The molecule has 1 atom stereocenters. The summed E-state index contributed by atoms with van der Waals surface area (Å²) in [6, 6.07) is 14.5. The molecule has 0 aromatic heterocycles. The van der Waals surface area contributed by atoms with Crippen molar-refractivity contribution in [1.29, 1.82) is 0 Å². The van der Waals surface area contributed by atoms with Gasteiger partial charge >= 0.3 is 5.97 Å². The highest BCUT2D eigenvalue weighted by atomic mass is 16.5. The molecule has 25 heavy (non-hydrogen) atoms. The summed E-state index contributed by atoms with van der Waals surface area (Å²) in [7, 11) is 1.37. The molecule has 0 heterocycles. The molecule has 3 heteroatoms. The smallest absolute Gasteiger partial charge is 0.337 e. The molecule has 3 rings (SSSR count). The van der Waals surface area contributed by atoms with Crippen molar-refractivity contribution >= 4 is 11.7 Å². The van der Waals surface area contributed by atoms with Crippen LogP contribution in [0.4, 0.5) is 0 Å². The fraction of sp³-hybridized carbons (Fsp3) is 0.318. The lowest BCUT2D eigenvalue weighted by atomic mass is 9.79. The number of rotatable bonds is 4. The number of ether oxygens (including phenoxy) is 1. The van der Waals surface area contributed by atoms with Crippen molar-refractivity contribution < 1.29 is 14.6 Å². The Bertz CT molecular complexity index is 816. The maximum atomic E-state index is 12.3. The molecule has 1 unspecified atom stereocenters. The van der Waals surface area contributed by atoms with Crippen LogP contribution in [0, 0.1) is 19.8 Å². The SMILES string of the molecule is COC(=O)C1=C(O)c2cc(C)ccc2CC1CCc1ccc(C)cc1. The highest BCUT2D eigenvalue weighted by Crippen LogP contribution is 2.37. The van der Waals surface area contributed by atoms with Crippen LogP contribution in [0.25, 0.3) is 5.76 Å². The fourth-order valence-electron chi connectivity index (χ4n) is 3.51. The molecular formula is C22H24O3. The van der Waals surface area contributed by atoms with Crippen LogP contribution in [-0.4, -0.2) is 18.2 Å². The summed E-state index contributed by atoms with van der Waals surface area (Å²) in [6.07, 6.45) is 2.40. The Hall–Kier alpha value is -2.55. The normalized spacial score (nSPS) is 16.5. The third-order valence-electron chi connectivity index (χ3n) is 4.96. The quantitative estimate of drug-likeness (QED) is 0.833. The van der Waals surface area contributed by atoms with Crippen LogP contribution in [0.3, 0.4) is 0 Å². The third-order valence-corrected chi connectivity index (χ3v) is 4.96. The maximum absolute atomic E-state index is 12.3. The lowest BCUT2D eigenvalue weighted by Crippen LogP contribution is -2.24. The van der Waals surface area contributed by atoms with E-state index in [4.69, 9.17) is 4.74 Å². The minimum Gasteiger partial charge on any atom is -0.507 e. The minimum absolute atomic E-state index is 0.0380. The van der Waals surface area contributed by atoms with Gasteiger partial charge in [-0.1, -0.05) is 47.5 Å². The van der Waals surface area contributed by atoms with Crippen LogP contribution >= 0.6 is 0 Å². The van der Waals surface area contributed by atoms with E-state index in [1.54, 1.807) is 0 Å². The Morgan fingerprint density at radius 1 is 1.12 bits per heavy atom. The number of carbonyl (C=O) groups is 1. The maximum Gasteiger partial charge on any atom is 0.337 e. The second kappa shape index (κ2) is 7.14. The van der Waals surface area contributed by atoms with Gasteiger partial charge in [0.05, 0.1) is 12.7 Å². The monoisotopic (exact) mass is 336 g/mol. The van der Waals surface area contributed by atoms with Crippen LogP contribution in [0.15, 0.2) is 48.0 Å². The van der Waals surface area contributed by atoms with Crippen LogP contribution in [0.5, 0.6) is 0 Å². The fourth-order valence-corrected chi connectivity index (χ4v) is 3.51. The van der Waals surface area contributed by atoms with Crippen molar-refractivity contribution in [3.63, 3.8) is 0 Å². The first kappa shape index (κ1) is 17.3. The van der Waals surface area contributed by atoms with E-state index in [1.807, 2.05) is 25.1 Å². The van der Waals surface area contributed by atoms with Crippen molar-refractivity contribution in [1.82, 2.24) is 0 Å². The molecule has 0 amide bonds. The molecule has 0 radical (unpaired) electrons. The van der Waals surface area contributed by atoms with E-state index in [1.165, 1.54) is 18.2 Å². The van der Waals surface area contributed by atoms with E-state index in [0.717, 1.165) is 36.0 Å². The third kappa shape index (κ3) is 3.60. The van der Waals surface area contributed by atoms with Gasteiger partial charge in [-0.3, -0.25) is 0 Å². The number of hydrogen-bond acceptors (Lipinski definition) is 3. The summed E-state index contributed by atoms with van der Waals surface area (Å²) in [5.41, 5.74) is 5.79. The molecule has 2 aromatic carbocycles. The summed E-state index contributed by atoms with van der Waals surface area (Å²) in [6.45, 7) is 4.05. The van der Waals surface area contributed by atoms with Gasteiger partial charge in [0.25, 0.3) is 0 Å². The van der Waals surface area contributed by atoms with Crippen LogP contribution in [-0.2, 0) is 22.4 Å². The van der Waals surface area contributed by atoms with Crippen LogP contribution < -0.4 is 0 Å². The van der Waals surface area contributed by atoms with E-state index in [0.29, 0.717) is 5.57 Å². The number of aliphatic hydroxyl groups excluding tert-OH is 1. The van der Waals surface area contributed by atoms with Crippen molar-refractivity contribution in [2.45, 2.75) is 33.1 Å². The summed E-state index contributed by atoms with van der Waals surface area (Å²) < 4.78 is 4.95. The van der Waals surface area contributed by atoms with Crippen molar-refractivity contribution in [3.05, 3.63) is 75.9 Å². The highest BCUT2D eigenvalue weighted by molar-refractivity contribution is 5.97. The first-order valence-corrected chi connectivity index (χ1v) is 8.66. The predicted octanol–water partition coefficient (Wildman–Crippen LogP) is 4.55.